The van der Waals surface area contributed by atoms with Gasteiger partial charge in [0.1, 0.15) is 5.75 Å². The van der Waals surface area contributed by atoms with Gasteiger partial charge in [0, 0.05) is 0 Å². The van der Waals surface area contributed by atoms with Crippen LogP contribution in [0.5, 0.6) is 5.75 Å². The lowest BCUT2D eigenvalue weighted by atomic mass is 10.2. The summed E-state index contributed by atoms with van der Waals surface area (Å²) in [6.07, 6.45) is 0. The van der Waals surface area contributed by atoms with Gasteiger partial charge in [-0.3, -0.25) is 4.18 Å². The van der Waals surface area contributed by atoms with Gasteiger partial charge in [0.2, 0.25) is 0 Å². The molecule has 0 saturated heterocycles. The van der Waals surface area contributed by atoms with Crippen LogP contribution in [0, 0.1) is 0 Å². The van der Waals surface area contributed by atoms with E-state index in [4.69, 9.17) is 8.37 Å². The summed E-state index contributed by atoms with van der Waals surface area (Å²) < 4.78 is 21.4. The van der Waals surface area contributed by atoms with Crippen molar-refractivity contribution in [2.75, 3.05) is 0 Å². The minimum Gasteiger partial charge on any atom is -0.380 e. The first-order valence-corrected chi connectivity index (χ1v) is 5.32. The Hall–Kier alpha value is -0.870. The quantitative estimate of drug-likeness (QED) is 0.775. The van der Waals surface area contributed by atoms with Crippen LogP contribution in [-0.2, 0) is 15.5 Å². The lowest BCUT2D eigenvalue weighted by Gasteiger charge is -2.16. The summed E-state index contributed by atoms with van der Waals surface area (Å²) in [5.74, 6) is 0.537. The Morgan fingerprint density at radius 3 is 2.21 bits per heavy atom. The molecule has 78 valence electrons. The first kappa shape index (κ1) is 11.2. The van der Waals surface area contributed by atoms with Crippen LogP contribution in [0.15, 0.2) is 30.3 Å². The van der Waals surface area contributed by atoms with Crippen molar-refractivity contribution in [3.63, 3.8) is 0 Å². The van der Waals surface area contributed by atoms with Crippen LogP contribution in [-0.4, -0.2) is 9.81 Å². The van der Waals surface area contributed by atoms with E-state index in [1.165, 1.54) is 0 Å². The van der Waals surface area contributed by atoms with Crippen molar-refractivity contribution in [1.82, 2.24) is 0 Å². The van der Waals surface area contributed by atoms with E-state index >= 15 is 0 Å². The molecule has 0 N–H and O–H groups in total. The molecule has 1 aromatic rings. The largest absolute Gasteiger partial charge is 0.380 e. The highest BCUT2D eigenvalue weighted by Gasteiger charge is 2.16. The van der Waals surface area contributed by atoms with E-state index in [0.717, 1.165) is 0 Å². The molecule has 0 amide bonds. The fourth-order valence-electron chi connectivity index (χ4n) is 0.776. The molecule has 0 aliphatic carbocycles. The Morgan fingerprint density at radius 2 is 1.71 bits per heavy atom. The number of hydrogen-bond donors (Lipinski definition) is 0. The second kappa shape index (κ2) is 4.57. The Kier molecular flexibility index (Phi) is 3.66. The highest BCUT2D eigenvalue weighted by molar-refractivity contribution is 7.75. The highest BCUT2D eigenvalue weighted by Crippen LogP contribution is 2.14. The molecule has 1 rings (SSSR count). The number of para-hydroxylation sites is 1. The molecule has 3 nitrogen and oxygen atoms in total. The van der Waals surface area contributed by atoms with E-state index < -0.39 is 17.0 Å². The van der Waals surface area contributed by atoms with Gasteiger partial charge in [-0.25, -0.2) is 0 Å². The first-order valence-electron chi connectivity index (χ1n) is 4.32. The van der Waals surface area contributed by atoms with Gasteiger partial charge in [-0.15, -0.1) is 0 Å². The van der Waals surface area contributed by atoms with Gasteiger partial charge in [-0.2, -0.15) is 4.21 Å². The third kappa shape index (κ3) is 4.39. The van der Waals surface area contributed by atoms with Crippen molar-refractivity contribution in [3.8, 4) is 5.75 Å². The Morgan fingerprint density at radius 1 is 1.14 bits per heavy atom. The van der Waals surface area contributed by atoms with Gasteiger partial charge in [0.15, 0.2) is 0 Å². The van der Waals surface area contributed by atoms with Crippen LogP contribution in [0.1, 0.15) is 20.8 Å². The zero-order valence-corrected chi connectivity index (χ0v) is 9.34. The van der Waals surface area contributed by atoms with E-state index in [1.807, 2.05) is 39.0 Å². The Labute approximate surface area is 86.9 Å². The monoisotopic (exact) mass is 214 g/mol. The summed E-state index contributed by atoms with van der Waals surface area (Å²) in [6.45, 7) is 5.46. The zero-order chi connectivity index (χ0) is 10.6. The topological polar surface area (TPSA) is 35.5 Å². The van der Waals surface area contributed by atoms with Gasteiger partial charge in [-0.05, 0) is 32.9 Å². The van der Waals surface area contributed by atoms with E-state index in [1.54, 1.807) is 12.1 Å². The summed E-state index contributed by atoms with van der Waals surface area (Å²) in [7, 11) is 0. The molecule has 0 fully saturated rings. The fourth-order valence-corrected chi connectivity index (χ4v) is 1.49. The minimum absolute atomic E-state index is 0.473. The summed E-state index contributed by atoms with van der Waals surface area (Å²) in [5, 5.41) is 0. The van der Waals surface area contributed by atoms with Crippen LogP contribution in [0.2, 0.25) is 0 Å². The van der Waals surface area contributed by atoms with Crippen molar-refractivity contribution in [2.45, 2.75) is 26.4 Å². The highest BCUT2D eigenvalue weighted by atomic mass is 32.2. The predicted molar refractivity (Wildman–Crippen MR) is 56.1 cm³/mol. The zero-order valence-electron chi connectivity index (χ0n) is 8.52. The molecule has 0 bridgehead atoms. The Bertz CT molecular complexity index is 303. The third-order valence-electron chi connectivity index (χ3n) is 1.23. The Balaban J connectivity index is 2.50. The number of hydrogen-bond acceptors (Lipinski definition) is 3. The van der Waals surface area contributed by atoms with Gasteiger partial charge in [-0.1, -0.05) is 18.2 Å². The molecule has 0 saturated carbocycles. The summed E-state index contributed by atoms with van der Waals surface area (Å²) in [5.41, 5.74) is -0.473. The lowest BCUT2D eigenvalue weighted by molar-refractivity contribution is 0.138. The molecule has 0 radical (unpaired) electrons. The molecule has 1 aromatic carbocycles. The van der Waals surface area contributed by atoms with Crippen molar-refractivity contribution >= 4 is 11.4 Å². The molecule has 0 heterocycles. The molecule has 0 aliphatic heterocycles. The van der Waals surface area contributed by atoms with Crippen LogP contribution in [0.4, 0.5) is 0 Å². The molecule has 0 aromatic heterocycles. The van der Waals surface area contributed by atoms with Crippen molar-refractivity contribution in [1.29, 1.82) is 0 Å². The van der Waals surface area contributed by atoms with Gasteiger partial charge in [0.25, 0.3) is 0 Å². The molecular weight excluding hydrogens is 200 g/mol. The molecule has 14 heavy (non-hydrogen) atoms. The standard InChI is InChI=1S/C10H14O3S/c1-10(2,3)13-14(11)12-9-7-5-4-6-8-9/h4-8H,1-3H3. The van der Waals surface area contributed by atoms with Crippen LogP contribution < -0.4 is 4.18 Å². The van der Waals surface area contributed by atoms with Crippen LogP contribution in [0.3, 0.4) is 0 Å². The van der Waals surface area contributed by atoms with Gasteiger partial charge >= 0.3 is 11.4 Å². The normalized spacial score (nSPS) is 13.6. The van der Waals surface area contributed by atoms with Crippen LogP contribution in [0.25, 0.3) is 0 Å². The smallest absolute Gasteiger partial charge is 0.360 e. The average molecular weight is 214 g/mol. The number of rotatable bonds is 3. The third-order valence-corrected chi connectivity index (χ3v) is 2.19. The maximum Gasteiger partial charge on any atom is 0.360 e. The van der Waals surface area contributed by atoms with E-state index in [9.17, 15) is 4.21 Å². The van der Waals surface area contributed by atoms with E-state index in [-0.39, 0.29) is 0 Å². The molecule has 1 unspecified atom stereocenters. The molecular formula is C10H14O3S. The van der Waals surface area contributed by atoms with E-state index in [2.05, 4.69) is 0 Å². The summed E-state index contributed by atoms with van der Waals surface area (Å²) >= 11 is -1.74. The first-order chi connectivity index (χ1) is 6.47. The van der Waals surface area contributed by atoms with Crippen molar-refractivity contribution < 1.29 is 12.6 Å². The summed E-state index contributed by atoms with van der Waals surface area (Å²) in [4.78, 5) is 0. The number of benzene rings is 1. The maximum atomic E-state index is 11.3. The fraction of sp³-hybridized carbons (Fsp3) is 0.400. The van der Waals surface area contributed by atoms with Crippen LogP contribution >= 0.6 is 0 Å². The molecule has 0 spiro atoms. The maximum absolute atomic E-state index is 11.3. The van der Waals surface area contributed by atoms with Gasteiger partial charge < -0.3 is 4.18 Å². The predicted octanol–water partition coefficient (Wildman–Crippen LogP) is 2.46. The van der Waals surface area contributed by atoms with Crippen molar-refractivity contribution in [3.05, 3.63) is 30.3 Å². The second-order valence-electron chi connectivity index (χ2n) is 3.80. The van der Waals surface area contributed by atoms with Gasteiger partial charge in [0.05, 0.1) is 5.60 Å². The summed E-state index contributed by atoms with van der Waals surface area (Å²) in [6, 6.07) is 8.93. The van der Waals surface area contributed by atoms with Crippen molar-refractivity contribution in [2.24, 2.45) is 0 Å². The lowest BCUT2D eigenvalue weighted by Crippen LogP contribution is -2.22. The minimum atomic E-state index is -1.74. The SMILES string of the molecule is CC(C)(C)OS(=O)Oc1ccccc1. The average Bonchev–Trinajstić information content (AvgIpc) is 2.02. The molecule has 4 heteroatoms. The van der Waals surface area contributed by atoms with E-state index in [0.29, 0.717) is 5.75 Å². The molecule has 1 atom stereocenters. The second-order valence-corrected chi connectivity index (χ2v) is 4.54. The molecule has 0 aliphatic rings.